The number of ether oxygens (including phenoxy) is 1. The van der Waals surface area contributed by atoms with E-state index in [9.17, 15) is 14.4 Å². The number of urea groups is 1. The Balaban J connectivity index is 1.98. The lowest BCUT2D eigenvalue weighted by molar-refractivity contribution is -0.122. The second kappa shape index (κ2) is 8.71. The molecule has 2 aromatic carbocycles. The molecule has 4 amide bonds. The number of hydrogen-bond donors (Lipinski definition) is 1. The highest BCUT2D eigenvalue weighted by molar-refractivity contribution is 6.39. The van der Waals surface area contributed by atoms with E-state index < -0.39 is 17.8 Å². The monoisotopic (exact) mass is 398 g/mol. The largest absolute Gasteiger partial charge is 0.493 e. The fourth-order valence-corrected chi connectivity index (χ4v) is 2.90. The number of unbranched alkanes of at least 4 members (excludes halogenated alkanes) is 1. The van der Waals surface area contributed by atoms with Crippen molar-refractivity contribution in [1.82, 2.24) is 5.32 Å². The van der Waals surface area contributed by atoms with Gasteiger partial charge in [-0.3, -0.25) is 14.9 Å². The first-order chi connectivity index (χ1) is 13.5. The third-order valence-corrected chi connectivity index (χ3v) is 4.38. The van der Waals surface area contributed by atoms with E-state index in [4.69, 9.17) is 16.3 Å². The van der Waals surface area contributed by atoms with E-state index >= 15 is 0 Å². The van der Waals surface area contributed by atoms with Crippen molar-refractivity contribution < 1.29 is 19.1 Å². The molecule has 1 fully saturated rings. The summed E-state index contributed by atoms with van der Waals surface area (Å²) < 4.78 is 5.75. The Morgan fingerprint density at radius 3 is 2.57 bits per heavy atom. The van der Waals surface area contributed by atoms with Crippen molar-refractivity contribution >= 4 is 41.2 Å². The van der Waals surface area contributed by atoms with E-state index in [0.717, 1.165) is 17.7 Å². The number of rotatable bonds is 6. The molecule has 0 spiro atoms. The topological polar surface area (TPSA) is 75.7 Å². The number of carbonyl (C=O) groups is 3. The summed E-state index contributed by atoms with van der Waals surface area (Å²) in [6.07, 6.45) is 3.24. The molecule has 0 aliphatic carbocycles. The highest BCUT2D eigenvalue weighted by Crippen LogP contribution is 2.28. The lowest BCUT2D eigenvalue weighted by atomic mass is 10.1. The first-order valence-corrected chi connectivity index (χ1v) is 9.28. The predicted molar refractivity (Wildman–Crippen MR) is 107 cm³/mol. The first kappa shape index (κ1) is 19.6. The zero-order valence-electron chi connectivity index (χ0n) is 15.3. The summed E-state index contributed by atoms with van der Waals surface area (Å²) in [5.74, 6) is -0.963. The summed E-state index contributed by atoms with van der Waals surface area (Å²) in [5, 5.41) is 2.64. The molecule has 1 N–H and O–H groups in total. The van der Waals surface area contributed by atoms with Crippen molar-refractivity contribution in [2.75, 3.05) is 11.5 Å². The number of para-hydroxylation sites is 1. The van der Waals surface area contributed by atoms with Crippen molar-refractivity contribution in [3.8, 4) is 5.75 Å². The molecule has 1 aliphatic rings. The summed E-state index contributed by atoms with van der Waals surface area (Å²) in [4.78, 5) is 38.4. The van der Waals surface area contributed by atoms with E-state index in [1.165, 1.54) is 6.08 Å². The first-order valence-electron chi connectivity index (χ1n) is 8.90. The van der Waals surface area contributed by atoms with Crippen LogP contribution in [0.25, 0.3) is 6.08 Å². The number of benzene rings is 2. The molecule has 0 saturated carbocycles. The van der Waals surface area contributed by atoms with Crippen molar-refractivity contribution in [2.24, 2.45) is 0 Å². The lowest BCUT2D eigenvalue weighted by Crippen LogP contribution is -2.54. The molecular formula is C21H19ClN2O4. The number of anilines is 1. The summed E-state index contributed by atoms with van der Waals surface area (Å²) in [6.45, 7) is 2.55. The van der Waals surface area contributed by atoms with Crippen LogP contribution in [0, 0.1) is 0 Å². The maximum absolute atomic E-state index is 12.9. The van der Waals surface area contributed by atoms with Gasteiger partial charge in [0.05, 0.1) is 12.3 Å². The molecule has 1 heterocycles. The summed E-state index contributed by atoms with van der Waals surface area (Å²) >= 11 is 6.08. The van der Waals surface area contributed by atoms with E-state index in [1.807, 2.05) is 6.92 Å². The maximum atomic E-state index is 12.9. The minimum absolute atomic E-state index is 0.175. The van der Waals surface area contributed by atoms with Crippen LogP contribution in [0.4, 0.5) is 10.5 Å². The number of carbonyl (C=O) groups excluding carboxylic acids is 3. The van der Waals surface area contributed by atoms with Crippen molar-refractivity contribution in [1.29, 1.82) is 0 Å². The van der Waals surface area contributed by atoms with E-state index in [0.29, 0.717) is 28.6 Å². The Morgan fingerprint density at radius 2 is 1.86 bits per heavy atom. The number of hydrogen-bond acceptors (Lipinski definition) is 4. The minimum atomic E-state index is -0.788. The van der Waals surface area contributed by atoms with Gasteiger partial charge in [0.25, 0.3) is 11.8 Å². The normalized spacial score (nSPS) is 15.7. The molecule has 3 rings (SSSR count). The summed E-state index contributed by atoms with van der Waals surface area (Å²) in [7, 11) is 0. The molecule has 0 radical (unpaired) electrons. The van der Waals surface area contributed by atoms with Crippen molar-refractivity contribution in [3.05, 3.63) is 64.7 Å². The molecule has 28 heavy (non-hydrogen) atoms. The van der Waals surface area contributed by atoms with Crippen LogP contribution in [0.3, 0.4) is 0 Å². The van der Waals surface area contributed by atoms with Gasteiger partial charge < -0.3 is 4.74 Å². The molecule has 0 atom stereocenters. The Morgan fingerprint density at radius 1 is 1.11 bits per heavy atom. The molecule has 1 aliphatic heterocycles. The molecule has 0 unspecified atom stereocenters. The molecule has 0 aromatic heterocycles. The van der Waals surface area contributed by atoms with Gasteiger partial charge in [-0.25, -0.2) is 9.69 Å². The van der Waals surface area contributed by atoms with Gasteiger partial charge in [-0.15, -0.1) is 0 Å². The number of nitrogens with zero attached hydrogens (tertiary/aromatic N) is 1. The predicted octanol–water partition coefficient (Wildman–Crippen LogP) is 4.19. The molecule has 7 heteroatoms. The van der Waals surface area contributed by atoms with Gasteiger partial charge in [-0.1, -0.05) is 43.1 Å². The Bertz CT molecular complexity index is 941. The van der Waals surface area contributed by atoms with Gasteiger partial charge in [0.15, 0.2) is 0 Å². The van der Waals surface area contributed by atoms with Crippen molar-refractivity contribution in [2.45, 2.75) is 19.8 Å². The van der Waals surface area contributed by atoms with Crippen LogP contribution in [-0.2, 0) is 9.59 Å². The van der Waals surface area contributed by atoms with Gasteiger partial charge >= 0.3 is 6.03 Å². The second-order valence-corrected chi connectivity index (χ2v) is 6.61. The lowest BCUT2D eigenvalue weighted by Gasteiger charge is -2.26. The fraction of sp³-hybridized carbons (Fsp3) is 0.190. The van der Waals surface area contributed by atoms with Gasteiger partial charge in [-0.05, 0) is 42.8 Å². The van der Waals surface area contributed by atoms with Crippen LogP contribution < -0.4 is 15.0 Å². The summed E-state index contributed by atoms with van der Waals surface area (Å²) in [6, 6.07) is 12.6. The van der Waals surface area contributed by atoms with Crippen LogP contribution in [0.5, 0.6) is 5.75 Å². The second-order valence-electron chi connectivity index (χ2n) is 6.18. The van der Waals surface area contributed by atoms with Gasteiger partial charge in [0.2, 0.25) is 0 Å². The third-order valence-electron chi connectivity index (χ3n) is 4.14. The quantitative estimate of drug-likeness (QED) is 0.450. The number of halogens is 1. The van der Waals surface area contributed by atoms with Crippen LogP contribution in [-0.4, -0.2) is 24.5 Å². The minimum Gasteiger partial charge on any atom is -0.493 e. The van der Waals surface area contributed by atoms with Crippen LogP contribution >= 0.6 is 11.6 Å². The van der Waals surface area contributed by atoms with Crippen LogP contribution in [0.2, 0.25) is 5.02 Å². The zero-order valence-corrected chi connectivity index (χ0v) is 16.0. The highest BCUT2D eigenvalue weighted by Gasteiger charge is 2.36. The maximum Gasteiger partial charge on any atom is 0.335 e. The van der Waals surface area contributed by atoms with E-state index in [2.05, 4.69) is 5.32 Å². The summed E-state index contributed by atoms with van der Waals surface area (Å²) in [5.41, 5.74) is 0.685. The standard InChI is InChI=1S/C21H19ClN2O4/c1-2-3-11-28-18-10-9-15(22)12-14(18)13-17-19(25)23-21(27)24(20(17)26)16-7-5-4-6-8-16/h4-10,12-13H,2-3,11H2,1H3,(H,23,25,27). The average Bonchev–Trinajstić information content (AvgIpc) is 2.67. The Labute approximate surface area is 167 Å². The average molecular weight is 399 g/mol. The van der Waals surface area contributed by atoms with Crippen LogP contribution in [0.15, 0.2) is 54.1 Å². The molecule has 144 valence electrons. The van der Waals surface area contributed by atoms with E-state index in [1.54, 1.807) is 48.5 Å². The number of barbiturate groups is 1. The number of amides is 4. The highest BCUT2D eigenvalue weighted by atomic mass is 35.5. The SMILES string of the molecule is CCCCOc1ccc(Cl)cc1C=C1C(=O)NC(=O)N(c2ccccc2)C1=O. The van der Waals surface area contributed by atoms with Crippen molar-refractivity contribution in [3.63, 3.8) is 0 Å². The Hall–Kier alpha value is -3.12. The van der Waals surface area contributed by atoms with Gasteiger partial charge in [0, 0.05) is 10.6 Å². The smallest absolute Gasteiger partial charge is 0.335 e. The number of imide groups is 2. The Kier molecular flexibility index (Phi) is 6.11. The fourth-order valence-electron chi connectivity index (χ4n) is 2.71. The van der Waals surface area contributed by atoms with Crippen LogP contribution in [0.1, 0.15) is 25.3 Å². The molecule has 2 aromatic rings. The zero-order chi connectivity index (χ0) is 20.1. The van der Waals surface area contributed by atoms with Gasteiger partial charge in [0.1, 0.15) is 11.3 Å². The molecule has 6 nitrogen and oxygen atoms in total. The molecule has 0 bridgehead atoms. The van der Waals surface area contributed by atoms with Gasteiger partial charge in [-0.2, -0.15) is 0 Å². The molecular weight excluding hydrogens is 380 g/mol. The third kappa shape index (κ3) is 4.23. The molecule has 1 saturated heterocycles. The van der Waals surface area contributed by atoms with E-state index in [-0.39, 0.29) is 5.57 Å². The number of nitrogens with one attached hydrogen (secondary N) is 1.